The van der Waals surface area contributed by atoms with E-state index in [-0.39, 0.29) is 10.9 Å². The number of benzene rings is 1. The molecule has 0 aliphatic carbocycles. The zero-order chi connectivity index (χ0) is 10.6. The second-order valence-corrected chi connectivity index (χ2v) is 5.19. The lowest BCUT2D eigenvalue weighted by molar-refractivity contribution is 0.420. The number of hydrogen-bond acceptors (Lipinski definition) is 0. The van der Waals surface area contributed by atoms with Crippen LogP contribution in [0.15, 0.2) is 41.3 Å². The maximum Gasteiger partial charge on any atom is 0.271 e. The summed E-state index contributed by atoms with van der Waals surface area (Å²) in [6.45, 7) is 2.01. The van der Waals surface area contributed by atoms with E-state index in [1.165, 1.54) is 5.56 Å². The summed E-state index contributed by atoms with van der Waals surface area (Å²) >= 11 is 0. The Bertz CT molecular complexity index is 313. The van der Waals surface area contributed by atoms with Crippen molar-refractivity contribution in [3.8, 4) is 0 Å². The highest BCUT2D eigenvalue weighted by Crippen LogP contribution is 2.13. The van der Waals surface area contributed by atoms with Crippen LogP contribution in [0.25, 0.3) is 0 Å². The molecule has 1 rings (SSSR count). The summed E-state index contributed by atoms with van der Waals surface area (Å²) in [5, 5.41) is 0. The third-order valence-corrected chi connectivity index (χ3v) is 3.65. The van der Waals surface area contributed by atoms with Gasteiger partial charge in [0.05, 0.1) is 0 Å². The standard InChI is InChI=1S/C11H13F2S/c1-9-3-5-10(6-4-9)14(2)8-7-11(12)13/h3-7H,8H2,1-2H3/q+1. The molecule has 0 aliphatic heterocycles. The Balaban J connectivity index is 2.65. The lowest BCUT2D eigenvalue weighted by Gasteiger charge is -1.99. The van der Waals surface area contributed by atoms with Crippen LogP contribution in [0.1, 0.15) is 5.56 Å². The molecule has 1 atom stereocenters. The first kappa shape index (κ1) is 11.2. The molecule has 0 fully saturated rings. The molecule has 0 N–H and O–H groups in total. The van der Waals surface area contributed by atoms with Crippen LogP contribution in [0.3, 0.4) is 0 Å². The predicted octanol–water partition coefficient (Wildman–Crippen LogP) is 3.38. The van der Waals surface area contributed by atoms with Gasteiger partial charge in [-0.15, -0.1) is 0 Å². The number of rotatable bonds is 3. The van der Waals surface area contributed by atoms with E-state index in [0.29, 0.717) is 5.75 Å². The zero-order valence-corrected chi connectivity index (χ0v) is 9.07. The van der Waals surface area contributed by atoms with E-state index in [0.717, 1.165) is 11.0 Å². The van der Waals surface area contributed by atoms with Crippen LogP contribution in [0, 0.1) is 6.92 Å². The number of aryl methyl sites for hydroxylation is 1. The van der Waals surface area contributed by atoms with Gasteiger partial charge in [0.25, 0.3) is 6.08 Å². The van der Waals surface area contributed by atoms with E-state index in [1.54, 1.807) is 0 Å². The molecule has 0 bridgehead atoms. The minimum atomic E-state index is -1.59. The van der Waals surface area contributed by atoms with Crippen molar-refractivity contribution >= 4 is 10.9 Å². The van der Waals surface area contributed by atoms with Crippen molar-refractivity contribution < 1.29 is 8.78 Å². The predicted molar refractivity (Wildman–Crippen MR) is 57.9 cm³/mol. The summed E-state index contributed by atoms with van der Waals surface area (Å²) in [6, 6.07) is 8.02. The van der Waals surface area contributed by atoms with Gasteiger partial charge in [-0.1, -0.05) is 17.7 Å². The fourth-order valence-corrected chi connectivity index (χ4v) is 2.22. The maximum absolute atomic E-state index is 11.8. The molecule has 0 aromatic heterocycles. The quantitative estimate of drug-likeness (QED) is 0.678. The average Bonchev–Trinajstić information content (AvgIpc) is 2.15. The largest absolute Gasteiger partial charge is 0.271 e. The first-order chi connectivity index (χ1) is 6.59. The molecule has 1 aromatic rings. The lowest BCUT2D eigenvalue weighted by Crippen LogP contribution is -2.03. The van der Waals surface area contributed by atoms with Gasteiger partial charge in [0.1, 0.15) is 12.0 Å². The van der Waals surface area contributed by atoms with Crippen LogP contribution in [-0.4, -0.2) is 12.0 Å². The summed E-state index contributed by atoms with van der Waals surface area (Å²) < 4.78 is 23.7. The molecule has 3 heteroatoms. The van der Waals surface area contributed by atoms with Gasteiger partial charge in [0.15, 0.2) is 4.90 Å². The van der Waals surface area contributed by atoms with Crippen LogP contribution in [0.4, 0.5) is 8.78 Å². The molecule has 0 amide bonds. The van der Waals surface area contributed by atoms with E-state index in [2.05, 4.69) is 0 Å². The second kappa shape index (κ2) is 5.15. The highest BCUT2D eigenvalue weighted by atomic mass is 32.2. The lowest BCUT2D eigenvalue weighted by atomic mass is 10.2. The van der Waals surface area contributed by atoms with Gasteiger partial charge >= 0.3 is 0 Å². The van der Waals surface area contributed by atoms with Gasteiger partial charge in [-0.25, -0.2) is 0 Å². The molecule has 0 nitrogen and oxygen atoms in total. The first-order valence-corrected chi connectivity index (χ1v) is 6.10. The highest BCUT2D eigenvalue weighted by molar-refractivity contribution is 7.96. The Morgan fingerprint density at radius 3 is 2.36 bits per heavy atom. The van der Waals surface area contributed by atoms with Gasteiger partial charge in [0.2, 0.25) is 0 Å². The second-order valence-electron chi connectivity index (χ2n) is 3.11. The fraction of sp³-hybridized carbons (Fsp3) is 0.273. The SMILES string of the molecule is Cc1ccc([S+](C)CC=C(F)F)cc1. The third kappa shape index (κ3) is 3.50. The van der Waals surface area contributed by atoms with E-state index >= 15 is 0 Å². The van der Waals surface area contributed by atoms with Crippen molar-refractivity contribution in [1.82, 2.24) is 0 Å². The summed E-state index contributed by atoms with van der Waals surface area (Å²) in [7, 11) is -0.119. The molecule has 76 valence electrons. The molecular formula is C11H13F2S+. The Labute approximate surface area is 86.0 Å². The van der Waals surface area contributed by atoms with Crippen LogP contribution >= 0.6 is 0 Å². The van der Waals surface area contributed by atoms with Crippen LogP contribution in [0.5, 0.6) is 0 Å². The van der Waals surface area contributed by atoms with Crippen molar-refractivity contribution in [3.63, 3.8) is 0 Å². The van der Waals surface area contributed by atoms with Crippen molar-refractivity contribution in [2.24, 2.45) is 0 Å². The Kier molecular flexibility index (Phi) is 4.14. The van der Waals surface area contributed by atoms with Crippen LogP contribution in [-0.2, 0) is 10.9 Å². The van der Waals surface area contributed by atoms with E-state index < -0.39 is 6.08 Å². The smallest absolute Gasteiger partial charge is 0.174 e. The molecule has 14 heavy (non-hydrogen) atoms. The molecule has 0 saturated heterocycles. The summed E-state index contributed by atoms with van der Waals surface area (Å²) in [6.07, 6.45) is 1.38. The van der Waals surface area contributed by atoms with Gasteiger partial charge in [-0.3, -0.25) is 0 Å². The topological polar surface area (TPSA) is 0 Å². The van der Waals surface area contributed by atoms with Gasteiger partial charge < -0.3 is 0 Å². The monoisotopic (exact) mass is 215 g/mol. The van der Waals surface area contributed by atoms with Crippen molar-refractivity contribution in [3.05, 3.63) is 42.0 Å². The Hall–Kier alpha value is -0.830. The van der Waals surface area contributed by atoms with Crippen molar-refractivity contribution in [2.45, 2.75) is 11.8 Å². The highest BCUT2D eigenvalue weighted by Gasteiger charge is 2.13. The Morgan fingerprint density at radius 2 is 1.86 bits per heavy atom. The molecule has 0 heterocycles. The minimum Gasteiger partial charge on any atom is -0.174 e. The van der Waals surface area contributed by atoms with Crippen molar-refractivity contribution in [2.75, 3.05) is 12.0 Å². The van der Waals surface area contributed by atoms with Crippen molar-refractivity contribution in [1.29, 1.82) is 0 Å². The molecule has 0 radical (unpaired) electrons. The van der Waals surface area contributed by atoms with Gasteiger partial charge in [-0.2, -0.15) is 8.78 Å². The normalized spacial score (nSPS) is 12.3. The maximum atomic E-state index is 11.8. The van der Waals surface area contributed by atoms with Crippen LogP contribution in [0.2, 0.25) is 0 Å². The zero-order valence-electron chi connectivity index (χ0n) is 8.26. The minimum absolute atomic E-state index is 0.119. The molecule has 1 unspecified atom stereocenters. The third-order valence-electron chi connectivity index (χ3n) is 1.91. The number of hydrogen-bond donors (Lipinski definition) is 0. The number of halogens is 2. The molecule has 1 aromatic carbocycles. The van der Waals surface area contributed by atoms with E-state index in [4.69, 9.17) is 0 Å². The van der Waals surface area contributed by atoms with Gasteiger partial charge in [-0.05, 0) is 19.1 Å². The fourth-order valence-electron chi connectivity index (χ4n) is 1.05. The molecule has 0 saturated carbocycles. The molecule has 0 spiro atoms. The summed E-state index contributed by atoms with van der Waals surface area (Å²) in [5.41, 5.74) is 1.19. The van der Waals surface area contributed by atoms with Crippen LogP contribution < -0.4 is 0 Å². The molecule has 0 aliphatic rings. The molecular weight excluding hydrogens is 202 g/mol. The first-order valence-electron chi connectivity index (χ1n) is 4.30. The summed E-state index contributed by atoms with van der Waals surface area (Å²) in [5.74, 6) is 0.422. The van der Waals surface area contributed by atoms with E-state index in [9.17, 15) is 8.78 Å². The summed E-state index contributed by atoms with van der Waals surface area (Å²) in [4.78, 5) is 1.13. The Morgan fingerprint density at radius 1 is 1.29 bits per heavy atom. The average molecular weight is 215 g/mol. The van der Waals surface area contributed by atoms with Gasteiger partial charge in [0, 0.05) is 17.0 Å². The van der Waals surface area contributed by atoms with E-state index in [1.807, 2.05) is 37.4 Å².